The summed E-state index contributed by atoms with van der Waals surface area (Å²) in [6.07, 6.45) is 0.827. The SMILES string of the molecule is CCc1cc(C#N)c(NC(=O)c2ccc(-c3nnc(C)o3)cc2)s1. The maximum Gasteiger partial charge on any atom is 0.256 e. The lowest BCUT2D eigenvalue weighted by atomic mass is 10.1. The number of rotatable bonds is 4. The average Bonchev–Trinajstić information content (AvgIpc) is 3.21. The van der Waals surface area contributed by atoms with Gasteiger partial charge in [0.15, 0.2) is 0 Å². The molecule has 3 aromatic rings. The van der Waals surface area contributed by atoms with Crippen molar-refractivity contribution in [3.63, 3.8) is 0 Å². The Labute approximate surface area is 142 Å². The van der Waals surface area contributed by atoms with E-state index in [1.165, 1.54) is 11.3 Å². The molecule has 0 fully saturated rings. The van der Waals surface area contributed by atoms with Crippen molar-refractivity contribution in [1.29, 1.82) is 5.26 Å². The Bertz CT molecular complexity index is 919. The van der Waals surface area contributed by atoms with Gasteiger partial charge in [-0.1, -0.05) is 6.92 Å². The molecule has 0 radical (unpaired) electrons. The number of aryl methyl sites for hydroxylation is 2. The van der Waals surface area contributed by atoms with Gasteiger partial charge in [0.25, 0.3) is 5.91 Å². The van der Waals surface area contributed by atoms with Gasteiger partial charge in [0, 0.05) is 22.9 Å². The van der Waals surface area contributed by atoms with E-state index in [0.717, 1.165) is 16.9 Å². The van der Waals surface area contributed by atoms with Crippen molar-refractivity contribution < 1.29 is 9.21 Å². The summed E-state index contributed by atoms with van der Waals surface area (Å²) in [5.41, 5.74) is 1.72. The summed E-state index contributed by atoms with van der Waals surface area (Å²) in [7, 11) is 0. The number of nitriles is 1. The second kappa shape index (κ2) is 6.64. The summed E-state index contributed by atoms with van der Waals surface area (Å²) >= 11 is 1.42. The fourth-order valence-corrected chi connectivity index (χ4v) is 3.09. The molecular weight excluding hydrogens is 324 g/mol. The molecule has 1 amide bonds. The van der Waals surface area contributed by atoms with Crippen LogP contribution in [0.1, 0.15) is 33.6 Å². The number of anilines is 1. The molecule has 2 heterocycles. The molecule has 0 spiro atoms. The number of hydrogen-bond donors (Lipinski definition) is 1. The molecule has 0 aliphatic heterocycles. The molecule has 0 unspecified atom stereocenters. The van der Waals surface area contributed by atoms with Crippen LogP contribution in [0.25, 0.3) is 11.5 Å². The zero-order valence-electron chi connectivity index (χ0n) is 13.2. The van der Waals surface area contributed by atoms with Gasteiger partial charge in [-0.05, 0) is 36.8 Å². The van der Waals surface area contributed by atoms with Crippen molar-refractivity contribution in [2.45, 2.75) is 20.3 Å². The van der Waals surface area contributed by atoms with Crippen LogP contribution in [-0.2, 0) is 6.42 Å². The predicted molar refractivity (Wildman–Crippen MR) is 90.8 cm³/mol. The largest absolute Gasteiger partial charge is 0.421 e. The van der Waals surface area contributed by atoms with Gasteiger partial charge in [-0.15, -0.1) is 21.5 Å². The Kier molecular flexibility index (Phi) is 4.40. The summed E-state index contributed by atoms with van der Waals surface area (Å²) < 4.78 is 5.35. The highest BCUT2D eigenvalue weighted by Crippen LogP contribution is 2.28. The molecule has 0 aliphatic rings. The number of amides is 1. The van der Waals surface area contributed by atoms with E-state index in [1.54, 1.807) is 37.3 Å². The van der Waals surface area contributed by atoms with Crippen molar-refractivity contribution in [2.24, 2.45) is 0 Å². The highest BCUT2D eigenvalue weighted by molar-refractivity contribution is 7.16. The summed E-state index contributed by atoms with van der Waals surface area (Å²) in [5, 5.41) is 20.3. The van der Waals surface area contributed by atoms with E-state index in [9.17, 15) is 4.79 Å². The first-order chi connectivity index (χ1) is 11.6. The van der Waals surface area contributed by atoms with Crippen LogP contribution < -0.4 is 5.32 Å². The molecule has 3 rings (SSSR count). The van der Waals surface area contributed by atoms with E-state index in [2.05, 4.69) is 21.6 Å². The topological polar surface area (TPSA) is 91.8 Å². The van der Waals surface area contributed by atoms with Gasteiger partial charge in [-0.25, -0.2) is 0 Å². The molecule has 6 nitrogen and oxygen atoms in total. The van der Waals surface area contributed by atoms with Gasteiger partial charge in [0.1, 0.15) is 11.1 Å². The van der Waals surface area contributed by atoms with E-state index < -0.39 is 0 Å². The lowest BCUT2D eigenvalue weighted by molar-refractivity contribution is 0.102. The van der Waals surface area contributed by atoms with Crippen molar-refractivity contribution in [3.05, 3.63) is 52.2 Å². The third kappa shape index (κ3) is 3.19. The molecule has 7 heteroatoms. The third-order valence-corrected chi connectivity index (χ3v) is 4.59. The van der Waals surface area contributed by atoms with Crippen LogP contribution in [0, 0.1) is 18.3 Å². The minimum absolute atomic E-state index is 0.260. The number of nitrogens with zero attached hydrogens (tertiary/aromatic N) is 3. The third-order valence-electron chi connectivity index (χ3n) is 3.40. The molecule has 1 aromatic carbocycles. The van der Waals surface area contributed by atoms with Crippen LogP contribution in [0.3, 0.4) is 0 Å². The van der Waals surface area contributed by atoms with Gasteiger partial charge in [-0.3, -0.25) is 4.79 Å². The van der Waals surface area contributed by atoms with Gasteiger partial charge in [-0.2, -0.15) is 5.26 Å². The van der Waals surface area contributed by atoms with Gasteiger partial charge >= 0.3 is 0 Å². The van der Waals surface area contributed by atoms with Crippen LogP contribution in [0.5, 0.6) is 0 Å². The Morgan fingerprint density at radius 1 is 1.33 bits per heavy atom. The monoisotopic (exact) mass is 338 g/mol. The van der Waals surface area contributed by atoms with Gasteiger partial charge in [0.2, 0.25) is 11.8 Å². The number of hydrogen-bond acceptors (Lipinski definition) is 6. The van der Waals surface area contributed by atoms with Crippen LogP contribution in [0.2, 0.25) is 0 Å². The molecule has 2 aromatic heterocycles. The zero-order valence-corrected chi connectivity index (χ0v) is 14.0. The highest BCUT2D eigenvalue weighted by atomic mass is 32.1. The maximum atomic E-state index is 12.4. The van der Waals surface area contributed by atoms with Crippen LogP contribution in [0.4, 0.5) is 5.00 Å². The van der Waals surface area contributed by atoms with Crippen molar-refractivity contribution in [3.8, 4) is 17.5 Å². The average molecular weight is 338 g/mol. The second-order valence-electron chi connectivity index (χ2n) is 5.08. The smallest absolute Gasteiger partial charge is 0.256 e. The second-order valence-corrected chi connectivity index (χ2v) is 6.22. The molecule has 0 atom stereocenters. The Balaban J connectivity index is 1.78. The molecule has 0 aliphatic carbocycles. The van der Waals surface area contributed by atoms with E-state index in [1.807, 2.05) is 6.92 Å². The fourth-order valence-electron chi connectivity index (χ4n) is 2.14. The summed E-state index contributed by atoms with van der Waals surface area (Å²) in [5.74, 6) is 0.640. The van der Waals surface area contributed by atoms with Gasteiger partial charge in [0.05, 0.1) is 5.56 Å². The number of benzene rings is 1. The number of nitrogens with one attached hydrogen (secondary N) is 1. The lowest BCUT2D eigenvalue weighted by Crippen LogP contribution is -2.11. The Hall–Kier alpha value is -2.98. The normalized spacial score (nSPS) is 10.4. The minimum atomic E-state index is -0.260. The molecule has 0 saturated carbocycles. The van der Waals surface area contributed by atoms with E-state index in [4.69, 9.17) is 9.68 Å². The summed E-state index contributed by atoms with van der Waals surface area (Å²) in [4.78, 5) is 13.4. The molecule has 0 bridgehead atoms. The quantitative estimate of drug-likeness (QED) is 0.781. The fraction of sp³-hybridized carbons (Fsp3) is 0.176. The standard InChI is InChI=1S/C17H14N4O2S/c1-3-14-8-13(9-18)17(24-14)19-15(22)11-4-6-12(7-5-11)16-21-20-10(2)23-16/h4-8H,3H2,1-2H3,(H,19,22). The Morgan fingerprint density at radius 3 is 2.67 bits per heavy atom. The van der Waals surface area contributed by atoms with Crippen molar-refractivity contribution >= 4 is 22.2 Å². The molecule has 120 valence electrons. The zero-order chi connectivity index (χ0) is 17.1. The van der Waals surface area contributed by atoms with Crippen molar-refractivity contribution in [1.82, 2.24) is 10.2 Å². The summed E-state index contributed by atoms with van der Waals surface area (Å²) in [6.45, 7) is 3.73. The molecule has 0 saturated heterocycles. The molecule has 24 heavy (non-hydrogen) atoms. The lowest BCUT2D eigenvalue weighted by Gasteiger charge is -2.04. The molecule has 1 N–H and O–H groups in total. The first kappa shape index (κ1) is 15.9. The predicted octanol–water partition coefficient (Wildman–Crippen LogP) is 3.79. The minimum Gasteiger partial charge on any atom is -0.421 e. The number of thiophene rings is 1. The highest BCUT2D eigenvalue weighted by Gasteiger charge is 2.13. The van der Waals surface area contributed by atoms with Crippen LogP contribution in [-0.4, -0.2) is 16.1 Å². The van der Waals surface area contributed by atoms with Gasteiger partial charge < -0.3 is 9.73 Å². The van der Waals surface area contributed by atoms with Crippen LogP contribution in [0.15, 0.2) is 34.7 Å². The first-order valence-electron chi connectivity index (χ1n) is 7.35. The van der Waals surface area contributed by atoms with E-state index >= 15 is 0 Å². The first-order valence-corrected chi connectivity index (χ1v) is 8.17. The van der Waals surface area contributed by atoms with Crippen LogP contribution >= 0.6 is 11.3 Å². The molecular formula is C17H14N4O2S. The summed E-state index contributed by atoms with van der Waals surface area (Å²) in [6, 6.07) is 10.8. The van der Waals surface area contributed by atoms with Crippen molar-refractivity contribution in [2.75, 3.05) is 5.32 Å². The van der Waals surface area contributed by atoms with E-state index in [-0.39, 0.29) is 5.91 Å². The Morgan fingerprint density at radius 2 is 2.08 bits per heavy atom. The van der Waals surface area contributed by atoms with E-state index in [0.29, 0.717) is 27.9 Å². The number of carbonyl (C=O) groups is 1. The number of carbonyl (C=O) groups excluding carboxylic acids is 1. The maximum absolute atomic E-state index is 12.4. The number of aromatic nitrogens is 2.